The molecular weight excluding hydrogens is 234 g/mol. The normalized spacial score (nSPS) is 28.5. The fourth-order valence-electron chi connectivity index (χ4n) is 1.99. The molecule has 0 N–H and O–H groups in total. The zero-order valence-corrected chi connectivity index (χ0v) is 11.0. The second kappa shape index (κ2) is 5.51. The lowest BCUT2D eigenvalue weighted by molar-refractivity contribution is 0.374. The van der Waals surface area contributed by atoms with E-state index in [4.69, 9.17) is 11.6 Å². The van der Waals surface area contributed by atoms with Crippen molar-refractivity contribution < 1.29 is 8.42 Å². The molecule has 2 unspecified atom stereocenters. The van der Waals surface area contributed by atoms with E-state index < -0.39 is 10.0 Å². The number of hydrogen-bond acceptors (Lipinski definition) is 2. The Morgan fingerprint density at radius 1 is 1.47 bits per heavy atom. The van der Waals surface area contributed by atoms with Crippen molar-refractivity contribution in [1.82, 2.24) is 4.31 Å². The van der Waals surface area contributed by atoms with E-state index in [0.717, 1.165) is 19.3 Å². The van der Waals surface area contributed by atoms with Crippen LogP contribution in [-0.2, 0) is 10.0 Å². The number of alkyl halides is 1. The molecule has 0 bridgehead atoms. The Labute approximate surface area is 97.8 Å². The molecule has 1 fully saturated rings. The summed E-state index contributed by atoms with van der Waals surface area (Å²) in [6, 6.07) is 0.00789. The van der Waals surface area contributed by atoms with E-state index >= 15 is 0 Å². The Morgan fingerprint density at radius 3 is 2.67 bits per heavy atom. The second-order valence-electron chi connectivity index (χ2n) is 4.27. The summed E-state index contributed by atoms with van der Waals surface area (Å²) < 4.78 is 25.6. The van der Waals surface area contributed by atoms with Gasteiger partial charge in [0, 0.05) is 18.5 Å². The van der Waals surface area contributed by atoms with Gasteiger partial charge in [0.25, 0.3) is 0 Å². The molecule has 15 heavy (non-hydrogen) atoms. The molecule has 0 spiro atoms. The minimum Gasteiger partial charge on any atom is -0.212 e. The second-order valence-corrected chi connectivity index (χ2v) is 6.62. The zero-order chi connectivity index (χ0) is 11.5. The van der Waals surface area contributed by atoms with E-state index in [9.17, 15) is 8.42 Å². The van der Waals surface area contributed by atoms with Gasteiger partial charge in [-0.25, -0.2) is 8.42 Å². The molecule has 0 aromatic heterocycles. The van der Waals surface area contributed by atoms with Crippen LogP contribution in [0.3, 0.4) is 0 Å². The Balaban J connectivity index is 2.70. The monoisotopic (exact) mass is 253 g/mol. The Hall–Kier alpha value is 0.200. The molecule has 1 aliphatic heterocycles. The molecule has 90 valence electrons. The van der Waals surface area contributed by atoms with Crippen LogP contribution < -0.4 is 0 Å². The minimum atomic E-state index is -3.07. The van der Waals surface area contributed by atoms with Crippen LogP contribution in [-0.4, -0.2) is 36.9 Å². The van der Waals surface area contributed by atoms with Crippen LogP contribution in [0.5, 0.6) is 0 Å². The van der Waals surface area contributed by atoms with Gasteiger partial charge in [-0.1, -0.05) is 20.3 Å². The van der Waals surface area contributed by atoms with E-state index in [1.165, 1.54) is 0 Å². The lowest BCUT2D eigenvalue weighted by Gasteiger charge is -2.24. The Bertz CT molecular complexity index is 292. The van der Waals surface area contributed by atoms with Crippen molar-refractivity contribution in [2.75, 3.05) is 18.2 Å². The van der Waals surface area contributed by atoms with E-state index in [2.05, 4.69) is 6.92 Å². The smallest absolute Gasteiger partial charge is 0.212 e. The minimum absolute atomic E-state index is 0.00789. The summed E-state index contributed by atoms with van der Waals surface area (Å²) in [6.45, 7) is 4.72. The number of unbranched alkanes of at least 4 members (excludes halogenated alkanes) is 1. The fourth-order valence-corrected chi connectivity index (χ4v) is 4.51. The van der Waals surface area contributed by atoms with Gasteiger partial charge in [0.1, 0.15) is 0 Å². The van der Waals surface area contributed by atoms with Gasteiger partial charge in [-0.15, -0.1) is 11.6 Å². The van der Waals surface area contributed by atoms with Crippen molar-refractivity contribution in [3.05, 3.63) is 0 Å². The summed E-state index contributed by atoms with van der Waals surface area (Å²) in [5.74, 6) is 1.06. The molecule has 0 aromatic rings. The van der Waals surface area contributed by atoms with Crippen LogP contribution in [0.2, 0.25) is 0 Å². The molecule has 1 saturated heterocycles. The maximum atomic E-state index is 12.0. The predicted octanol–water partition coefficient (Wildman–Crippen LogP) is 2.07. The SMILES string of the molecule is CCCCS(=O)(=O)N1CCC(C)C1CCl. The molecular formula is C10H20ClNO2S. The van der Waals surface area contributed by atoms with Gasteiger partial charge in [-0.05, 0) is 18.8 Å². The van der Waals surface area contributed by atoms with E-state index in [1.54, 1.807) is 4.31 Å². The van der Waals surface area contributed by atoms with Crippen LogP contribution in [0.1, 0.15) is 33.1 Å². The average molecular weight is 254 g/mol. The van der Waals surface area contributed by atoms with Gasteiger partial charge in [-0.3, -0.25) is 0 Å². The summed E-state index contributed by atoms with van der Waals surface area (Å²) in [5, 5.41) is 0. The fraction of sp³-hybridized carbons (Fsp3) is 1.00. The maximum absolute atomic E-state index is 12.0. The number of hydrogen-bond donors (Lipinski definition) is 0. The first-order valence-corrected chi connectivity index (χ1v) is 7.72. The first-order chi connectivity index (χ1) is 7.03. The van der Waals surface area contributed by atoms with Crippen LogP contribution in [0.4, 0.5) is 0 Å². The van der Waals surface area contributed by atoms with E-state index in [1.807, 2.05) is 6.92 Å². The molecule has 2 atom stereocenters. The van der Waals surface area contributed by atoms with Crippen LogP contribution >= 0.6 is 11.6 Å². The summed E-state index contributed by atoms with van der Waals surface area (Å²) in [7, 11) is -3.07. The van der Waals surface area contributed by atoms with Crippen LogP contribution in [0.15, 0.2) is 0 Å². The number of nitrogens with zero attached hydrogens (tertiary/aromatic N) is 1. The van der Waals surface area contributed by atoms with E-state index in [-0.39, 0.29) is 11.8 Å². The van der Waals surface area contributed by atoms with Crippen molar-refractivity contribution >= 4 is 21.6 Å². The maximum Gasteiger partial charge on any atom is 0.214 e. The van der Waals surface area contributed by atoms with E-state index in [0.29, 0.717) is 18.3 Å². The zero-order valence-electron chi connectivity index (χ0n) is 9.45. The Kier molecular flexibility index (Phi) is 4.87. The van der Waals surface area contributed by atoms with Crippen molar-refractivity contribution in [2.45, 2.75) is 39.2 Å². The molecule has 5 heteroatoms. The first kappa shape index (κ1) is 13.3. The molecule has 1 rings (SSSR count). The lowest BCUT2D eigenvalue weighted by atomic mass is 10.1. The summed E-state index contributed by atoms with van der Waals surface area (Å²) in [4.78, 5) is 0. The highest BCUT2D eigenvalue weighted by atomic mass is 35.5. The van der Waals surface area contributed by atoms with Gasteiger partial charge in [-0.2, -0.15) is 4.31 Å². The van der Waals surface area contributed by atoms with Crippen molar-refractivity contribution in [3.63, 3.8) is 0 Å². The summed E-state index contributed by atoms with van der Waals surface area (Å²) >= 11 is 5.83. The van der Waals surface area contributed by atoms with Gasteiger partial charge in [0.2, 0.25) is 10.0 Å². The highest BCUT2D eigenvalue weighted by Gasteiger charge is 2.37. The van der Waals surface area contributed by atoms with Crippen LogP contribution in [0, 0.1) is 5.92 Å². The quantitative estimate of drug-likeness (QED) is 0.704. The highest BCUT2D eigenvalue weighted by molar-refractivity contribution is 7.89. The molecule has 1 aliphatic rings. The third-order valence-corrected chi connectivity index (χ3v) is 5.39. The molecule has 0 amide bonds. The van der Waals surface area contributed by atoms with Gasteiger partial charge in [0.05, 0.1) is 5.75 Å². The third-order valence-electron chi connectivity index (χ3n) is 3.10. The molecule has 0 saturated carbocycles. The third kappa shape index (κ3) is 3.08. The average Bonchev–Trinajstić information content (AvgIpc) is 2.57. The largest absolute Gasteiger partial charge is 0.214 e. The first-order valence-electron chi connectivity index (χ1n) is 5.58. The molecule has 0 aliphatic carbocycles. The summed E-state index contributed by atoms with van der Waals surface area (Å²) in [5.41, 5.74) is 0. The predicted molar refractivity (Wildman–Crippen MR) is 63.7 cm³/mol. The number of sulfonamides is 1. The lowest BCUT2D eigenvalue weighted by Crippen LogP contribution is -2.39. The van der Waals surface area contributed by atoms with Crippen molar-refractivity contribution in [3.8, 4) is 0 Å². The molecule has 3 nitrogen and oxygen atoms in total. The summed E-state index contributed by atoms with van der Waals surface area (Å²) in [6.07, 6.45) is 2.58. The molecule has 1 heterocycles. The van der Waals surface area contributed by atoms with Crippen molar-refractivity contribution in [1.29, 1.82) is 0 Å². The standard InChI is InChI=1S/C10H20ClNO2S/c1-3-4-7-15(13,14)12-6-5-9(2)10(12)8-11/h9-10H,3-8H2,1-2H3. The van der Waals surface area contributed by atoms with Gasteiger partial charge in [0.15, 0.2) is 0 Å². The van der Waals surface area contributed by atoms with Crippen molar-refractivity contribution in [2.24, 2.45) is 5.92 Å². The van der Waals surface area contributed by atoms with Crippen LogP contribution in [0.25, 0.3) is 0 Å². The van der Waals surface area contributed by atoms with Gasteiger partial charge < -0.3 is 0 Å². The molecule has 0 aromatic carbocycles. The van der Waals surface area contributed by atoms with Gasteiger partial charge >= 0.3 is 0 Å². The molecule has 0 radical (unpaired) electrons. The topological polar surface area (TPSA) is 37.4 Å². The number of rotatable bonds is 5. The highest BCUT2D eigenvalue weighted by Crippen LogP contribution is 2.28. The Morgan fingerprint density at radius 2 is 2.13 bits per heavy atom. The number of halogens is 1.